The van der Waals surface area contributed by atoms with Gasteiger partial charge in [-0.2, -0.15) is 13.2 Å². The Kier molecular flexibility index (Phi) is 3.90. The molecule has 0 aliphatic carbocycles. The Balaban J connectivity index is 4.16. The van der Waals surface area contributed by atoms with Crippen molar-refractivity contribution in [1.29, 1.82) is 0 Å². The van der Waals surface area contributed by atoms with Crippen LogP contribution in [0.4, 0.5) is 13.2 Å². The van der Waals surface area contributed by atoms with E-state index in [-0.39, 0.29) is 12.3 Å². The van der Waals surface area contributed by atoms with E-state index in [0.29, 0.717) is 6.42 Å². The highest BCUT2D eigenvalue weighted by molar-refractivity contribution is 4.70. The van der Waals surface area contributed by atoms with Crippen LogP contribution < -0.4 is 0 Å². The van der Waals surface area contributed by atoms with Crippen molar-refractivity contribution < 1.29 is 13.2 Å². The topological polar surface area (TPSA) is 0 Å². The Bertz CT molecular complexity index is 106. The van der Waals surface area contributed by atoms with Crippen LogP contribution in [0.2, 0.25) is 0 Å². The molecule has 11 heavy (non-hydrogen) atoms. The second-order valence-corrected chi connectivity index (χ2v) is 2.94. The number of halogens is 3. The molecule has 0 saturated heterocycles. The lowest BCUT2D eigenvalue weighted by Crippen LogP contribution is -2.27. The van der Waals surface area contributed by atoms with E-state index in [9.17, 15) is 13.2 Å². The van der Waals surface area contributed by atoms with Crippen molar-refractivity contribution in [3.63, 3.8) is 0 Å². The standard InChI is InChI=1S/C8H15F3/c1-4-6(3)7(5-2)8(9,10)11/h6-7H,4-5H2,1-3H3/t6-,7?/m1/s1. The van der Waals surface area contributed by atoms with Crippen LogP contribution in [0.3, 0.4) is 0 Å². The van der Waals surface area contributed by atoms with Gasteiger partial charge in [0, 0.05) is 0 Å². The minimum absolute atomic E-state index is 0.193. The Labute approximate surface area is 65.8 Å². The Morgan fingerprint density at radius 2 is 1.55 bits per heavy atom. The second kappa shape index (κ2) is 3.98. The third kappa shape index (κ3) is 3.12. The minimum atomic E-state index is -4.01. The van der Waals surface area contributed by atoms with Gasteiger partial charge in [-0.1, -0.05) is 27.2 Å². The summed E-state index contributed by atoms with van der Waals surface area (Å²) >= 11 is 0. The minimum Gasteiger partial charge on any atom is -0.171 e. The summed E-state index contributed by atoms with van der Waals surface area (Å²) in [5.41, 5.74) is 0. The van der Waals surface area contributed by atoms with Gasteiger partial charge in [0.15, 0.2) is 0 Å². The molecule has 0 rings (SSSR count). The summed E-state index contributed by atoms with van der Waals surface area (Å²) < 4.78 is 36.5. The van der Waals surface area contributed by atoms with Crippen LogP contribution in [0.25, 0.3) is 0 Å². The predicted molar refractivity (Wildman–Crippen MR) is 39.3 cm³/mol. The van der Waals surface area contributed by atoms with Crippen molar-refractivity contribution in [2.24, 2.45) is 11.8 Å². The number of alkyl halides is 3. The van der Waals surface area contributed by atoms with Crippen molar-refractivity contribution in [3.8, 4) is 0 Å². The smallest absolute Gasteiger partial charge is 0.171 e. The van der Waals surface area contributed by atoms with Crippen LogP contribution in [0.5, 0.6) is 0 Å². The van der Waals surface area contributed by atoms with E-state index in [1.54, 1.807) is 20.8 Å². The Hall–Kier alpha value is -0.210. The maximum atomic E-state index is 12.2. The highest BCUT2D eigenvalue weighted by atomic mass is 19.4. The van der Waals surface area contributed by atoms with Crippen LogP contribution >= 0.6 is 0 Å². The third-order valence-electron chi connectivity index (χ3n) is 2.19. The molecule has 1 unspecified atom stereocenters. The molecule has 0 radical (unpaired) electrons. The molecule has 0 nitrogen and oxygen atoms in total. The molecule has 0 bridgehead atoms. The summed E-state index contributed by atoms with van der Waals surface area (Å²) in [5.74, 6) is -1.37. The summed E-state index contributed by atoms with van der Waals surface area (Å²) in [6, 6.07) is 0. The fourth-order valence-electron chi connectivity index (χ4n) is 1.24. The normalized spacial score (nSPS) is 18.0. The molecule has 0 amide bonds. The third-order valence-corrected chi connectivity index (χ3v) is 2.19. The summed E-state index contributed by atoms with van der Waals surface area (Å²) in [6.45, 7) is 5.03. The predicted octanol–water partition coefficient (Wildman–Crippen LogP) is 3.62. The highest BCUT2D eigenvalue weighted by Crippen LogP contribution is 2.35. The molecular formula is C8H15F3. The first-order valence-corrected chi connectivity index (χ1v) is 4.00. The van der Waals surface area contributed by atoms with Gasteiger partial charge in [0.1, 0.15) is 0 Å². The fraction of sp³-hybridized carbons (Fsp3) is 1.00. The quantitative estimate of drug-likeness (QED) is 0.603. The molecule has 0 N–H and O–H groups in total. The summed E-state index contributed by atoms with van der Waals surface area (Å²) in [7, 11) is 0. The van der Waals surface area contributed by atoms with Gasteiger partial charge >= 0.3 is 6.18 Å². The molecule has 2 atom stereocenters. The molecule has 68 valence electrons. The van der Waals surface area contributed by atoms with E-state index < -0.39 is 12.1 Å². The van der Waals surface area contributed by atoms with Crippen molar-refractivity contribution in [2.75, 3.05) is 0 Å². The Morgan fingerprint density at radius 1 is 1.09 bits per heavy atom. The zero-order valence-corrected chi connectivity index (χ0v) is 7.20. The largest absolute Gasteiger partial charge is 0.392 e. The zero-order valence-electron chi connectivity index (χ0n) is 7.20. The lowest BCUT2D eigenvalue weighted by atomic mass is 9.89. The first-order valence-electron chi connectivity index (χ1n) is 4.00. The lowest BCUT2D eigenvalue weighted by Gasteiger charge is -2.23. The van der Waals surface area contributed by atoms with Crippen molar-refractivity contribution in [2.45, 2.75) is 39.8 Å². The fourth-order valence-corrected chi connectivity index (χ4v) is 1.24. The Morgan fingerprint density at radius 3 is 1.64 bits per heavy atom. The van der Waals surface area contributed by atoms with Crippen molar-refractivity contribution >= 4 is 0 Å². The van der Waals surface area contributed by atoms with E-state index >= 15 is 0 Å². The molecule has 0 aliphatic rings. The molecule has 0 saturated carbocycles. The van der Waals surface area contributed by atoms with Crippen molar-refractivity contribution in [1.82, 2.24) is 0 Å². The average Bonchev–Trinajstić information content (AvgIpc) is 1.86. The van der Waals surface area contributed by atoms with Gasteiger partial charge in [-0.25, -0.2) is 0 Å². The van der Waals surface area contributed by atoms with Crippen LogP contribution in [0.15, 0.2) is 0 Å². The van der Waals surface area contributed by atoms with Crippen LogP contribution in [0.1, 0.15) is 33.6 Å². The maximum Gasteiger partial charge on any atom is 0.392 e. The molecule has 0 aliphatic heterocycles. The van der Waals surface area contributed by atoms with Gasteiger partial charge in [0.2, 0.25) is 0 Å². The maximum absolute atomic E-state index is 12.2. The van der Waals surface area contributed by atoms with Crippen LogP contribution in [-0.4, -0.2) is 6.18 Å². The first kappa shape index (κ1) is 10.8. The lowest BCUT2D eigenvalue weighted by molar-refractivity contribution is -0.188. The van der Waals surface area contributed by atoms with Crippen LogP contribution in [-0.2, 0) is 0 Å². The van der Waals surface area contributed by atoms with E-state index in [2.05, 4.69) is 0 Å². The van der Waals surface area contributed by atoms with Gasteiger partial charge in [-0.3, -0.25) is 0 Å². The van der Waals surface area contributed by atoms with E-state index in [4.69, 9.17) is 0 Å². The van der Waals surface area contributed by atoms with E-state index in [0.717, 1.165) is 0 Å². The van der Waals surface area contributed by atoms with E-state index in [1.165, 1.54) is 0 Å². The van der Waals surface area contributed by atoms with Gasteiger partial charge in [-0.05, 0) is 12.3 Å². The van der Waals surface area contributed by atoms with Gasteiger partial charge in [0.05, 0.1) is 5.92 Å². The summed E-state index contributed by atoms with van der Waals surface area (Å²) in [4.78, 5) is 0. The molecule has 0 fully saturated rings. The first-order chi connectivity index (χ1) is 4.93. The average molecular weight is 168 g/mol. The zero-order chi connectivity index (χ0) is 9.07. The monoisotopic (exact) mass is 168 g/mol. The SMILES string of the molecule is CCC([C@H](C)CC)C(F)(F)F. The number of rotatable bonds is 3. The molecule has 3 heteroatoms. The van der Waals surface area contributed by atoms with Gasteiger partial charge < -0.3 is 0 Å². The molecule has 0 heterocycles. The molecule has 0 spiro atoms. The van der Waals surface area contributed by atoms with Crippen LogP contribution in [0, 0.1) is 11.8 Å². The van der Waals surface area contributed by atoms with E-state index in [1.807, 2.05) is 0 Å². The van der Waals surface area contributed by atoms with Gasteiger partial charge in [0.25, 0.3) is 0 Å². The molecule has 0 aromatic carbocycles. The van der Waals surface area contributed by atoms with Gasteiger partial charge in [-0.15, -0.1) is 0 Å². The molecular weight excluding hydrogens is 153 g/mol. The summed E-state index contributed by atoms with van der Waals surface area (Å²) in [6.07, 6.45) is -3.22. The summed E-state index contributed by atoms with van der Waals surface area (Å²) in [5, 5.41) is 0. The number of hydrogen-bond acceptors (Lipinski definition) is 0. The highest BCUT2D eigenvalue weighted by Gasteiger charge is 2.40. The number of hydrogen-bond donors (Lipinski definition) is 0. The second-order valence-electron chi connectivity index (χ2n) is 2.94. The molecule has 0 aromatic heterocycles. The molecule has 0 aromatic rings. The van der Waals surface area contributed by atoms with Crippen molar-refractivity contribution in [3.05, 3.63) is 0 Å².